The smallest absolute Gasteiger partial charge is 0.123 e. The lowest BCUT2D eigenvalue weighted by Gasteiger charge is -2.29. The van der Waals surface area contributed by atoms with Crippen LogP contribution in [0.25, 0.3) is 0 Å². The number of aliphatic hydroxyl groups excluding tert-OH is 1. The second-order valence-corrected chi connectivity index (χ2v) is 13.2. The van der Waals surface area contributed by atoms with E-state index < -0.39 is 0 Å². The summed E-state index contributed by atoms with van der Waals surface area (Å²) in [5, 5.41) is 21.0. The van der Waals surface area contributed by atoms with Gasteiger partial charge < -0.3 is 10.2 Å². The Kier molecular flexibility index (Phi) is 15.2. The first-order valence-electron chi connectivity index (χ1n) is 15.0. The van der Waals surface area contributed by atoms with E-state index in [-0.39, 0.29) is 17.4 Å². The minimum atomic E-state index is -0.108. The van der Waals surface area contributed by atoms with Gasteiger partial charge in [-0.1, -0.05) is 150 Å². The monoisotopic (exact) mass is 488 g/mol. The van der Waals surface area contributed by atoms with Crippen molar-refractivity contribution in [3.8, 4) is 5.75 Å². The second kappa shape index (κ2) is 16.7. The van der Waals surface area contributed by atoms with Gasteiger partial charge in [0, 0.05) is 6.61 Å². The van der Waals surface area contributed by atoms with Crippen LogP contribution < -0.4 is 0 Å². The molecule has 1 aromatic carbocycles. The summed E-state index contributed by atoms with van der Waals surface area (Å²) < 4.78 is 0. The topological polar surface area (TPSA) is 40.5 Å². The van der Waals surface area contributed by atoms with Gasteiger partial charge in [-0.15, -0.1) is 0 Å². The fourth-order valence-electron chi connectivity index (χ4n) is 5.17. The van der Waals surface area contributed by atoms with Crippen LogP contribution in [0.15, 0.2) is 12.1 Å². The molecule has 204 valence electrons. The molecule has 0 aliphatic carbocycles. The van der Waals surface area contributed by atoms with Crippen LogP contribution in [0, 0.1) is 5.92 Å². The maximum absolute atomic E-state index is 11.0. The zero-order valence-corrected chi connectivity index (χ0v) is 24.6. The fraction of sp³-hybridized carbons (Fsp3) is 0.818. The Bertz CT molecular complexity index is 642. The maximum atomic E-state index is 11.0. The first-order chi connectivity index (χ1) is 16.5. The molecule has 0 bridgehead atoms. The summed E-state index contributed by atoms with van der Waals surface area (Å²) in [5.74, 6) is 0.749. The van der Waals surface area contributed by atoms with Gasteiger partial charge in [0.1, 0.15) is 5.75 Å². The van der Waals surface area contributed by atoms with E-state index in [0.717, 1.165) is 24.0 Å². The van der Waals surface area contributed by atoms with Crippen LogP contribution in [0.3, 0.4) is 0 Å². The lowest BCUT2D eigenvalue weighted by atomic mass is 9.77. The number of hydrogen-bond acceptors (Lipinski definition) is 2. The number of phenols is 1. The number of aliphatic hydroxyl groups is 1. The Labute approximate surface area is 219 Å². The summed E-state index contributed by atoms with van der Waals surface area (Å²) in [4.78, 5) is 0. The highest BCUT2D eigenvalue weighted by Gasteiger charge is 2.27. The van der Waals surface area contributed by atoms with Crippen LogP contribution in [-0.2, 0) is 17.3 Å². The van der Waals surface area contributed by atoms with Gasteiger partial charge in [-0.3, -0.25) is 0 Å². The van der Waals surface area contributed by atoms with Gasteiger partial charge in [-0.2, -0.15) is 0 Å². The fourth-order valence-corrected chi connectivity index (χ4v) is 5.17. The summed E-state index contributed by atoms with van der Waals surface area (Å²) in [6, 6.07) is 4.36. The molecule has 0 radical (unpaired) electrons. The van der Waals surface area contributed by atoms with Crippen molar-refractivity contribution >= 4 is 0 Å². The van der Waals surface area contributed by atoms with Crippen molar-refractivity contribution in [2.45, 2.75) is 162 Å². The number of aromatic hydroxyl groups is 1. The van der Waals surface area contributed by atoms with Gasteiger partial charge in [-0.25, -0.2) is 0 Å². The summed E-state index contributed by atoms with van der Waals surface area (Å²) in [6.45, 7) is 15.5. The molecule has 0 heterocycles. The third-order valence-electron chi connectivity index (χ3n) is 7.53. The molecule has 0 spiro atoms. The van der Waals surface area contributed by atoms with E-state index in [9.17, 15) is 10.2 Å². The van der Waals surface area contributed by atoms with E-state index in [2.05, 4.69) is 60.6 Å². The van der Waals surface area contributed by atoms with Gasteiger partial charge in [0.2, 0.25) is 0 Å². The van der Waals surface area contributed by atoms with Crippen LogP contribution in [0.4, 0.5) is 0 Å². The molecule has 0 saturated carbocycles. The molecule has 1 aromatic rings. The Morgan fingerprint density at radius 3 is 1.34 bits per heavy atom. The lowest BCUT2D eigenvalue weighted by molar-refractivity contribution is 0.214. The Morgan fingerprint density at radius 2 is 1.00 bits per heavy atom. The van der Waals surface area contributed by atoms with Crippen LogP contribution in [0.1, 0.15) is 161 Å². The standard InChI is InChI=1S/C33H60O2/c1-8-9-10-11-12-13-14-15-16-17-18-19-20-21-22-27(26-34)23-28-24-29(32(2,3)4)31(35)30(25-28)33(5,6)7/h24-25,27,34-35H,8-23,26H2,1-7H3. The SMILES string of the molecule is CCCCCCCCCCCCCCCCC(CO)Cc1cc(C(C)(C)C)c(O)c(C(C)(C)C)c1. The van der Waals surface area contributed by atoms with E-state index in [1.54, 1.807) is 0 Å². The predicted molar refractivity (Wildman–Crippen MR) is 155 cm³/mol. The molecular weight excluding hydrogens is 428 g/mol. The predicted octanol–water partition coefficient (Wildman–Crippen LogP) is 10.0. The van der Waals surface area contributed by atoms with E-state index in [1.807, 2.05) is 0 Å². The molecule has 0 fully saturated rings. The highest BCUT2D eigenvalue weighted by Crippen LogP contribution is 2.40. The molecule has 2 nitrogen and oxygen atoms in total. The minimum absolute atomic E-state index is 0.108. The van der Waals surface area contributed by atoms with Crippen molar-refractivity contribution in [1.82, 2.24) is 0 Å². The molecule has 35 heavy (non-hydrogen) atoms. The van der Waals surface area contributed by atoms with Crippen molar-refractivity contribution in [2.24, 2.45) is 5.92 Å². The molecule has 0 amide bonds. The van der Waals surface area contributed by atoms with E-state index in [4.69, 9.17) is 0 Å². The maximum Gasteiger partial charge on any atom is 0.123 e. The number of unbranched alkanes of at least 4 members (excludes halogenated alkanes) is 13. The first-order valence-corrected chi connectivity index (χ1v) is 15.0. The third-order valence-corrected chi connectivity index (χ3v) is 7.53. The Hall–Kier alpha value is -1.02. The number of phenolic OH excluding ortho intramolecular Hbond substituents is 1. The quantitative estimate of drug-likeness (QED) is 0.202. The number of rotatable bonds is 18. The van der Waals surface area contributed by atoms with Crippen molar-refractivity contribution in [2.75, 3.05) is 6.61 Å². The van der Waals surface area contributed by atoms with Crippen LogP contribution >= 0.6 is 0 Å². The molecule has 0 saturated heterocycles. The molecule has 2 heteroatoms. The highest BCUT2D eigenvalue weighted by molar-refractivity contribution is 5.50. The molecule has 1 rings (SSSR count). The van der Waals surface area contributed by atoms with Crippen LogP contribution in [-0.4, -0.2) is 16.8 Å². The highest BCUT2D eigenvalue weighted by atomic mass is 16.3. The van der Waals surface area contributed by atoms with Crippen LogP contribution in [0.2, 0.25) is 0 Å². The largest absolute Gasteiger partial charge is 0.507 e. The molecule has 0 aliphatic rings. The van der Waals surface area contributed by atoms with E-state index >= 15 is 0 Å². The van der Waals surface area contributed by atoms with Gasteiger partial charge in [0.25, 0.3) is 0 Å². The summed E-state index contributed by atoms with van der Waals surface area (Å²) in [7, 11) is 0. The van der Waals surface area contributed by atoms with Crippen LogP contribution in [0.5, 0.6) is 5.75 Å². The minimum Gasteiger partial charge on any atom is -0.507 e. The number of hydrogen-bond donors (Lipinski definition) is 2. The second-order valence-electron chi connectivity index (χ2n) is 13.2. The average molecular weight is 489 g/mol. The molecular formula is C33H60O2. The molecule has 2 N–H and O–H groups in total. The zero-order valence-electron chi connectivity index (χ0n) is 24.6. The Morgan fingerprint density at radius 1 is 0.629 bits per heavy atom. The van der Waals surface area contributed by atoms with Gasteiger partial charge >= 0.3 is 0 Å². The number of benzene rings is 1. The summed E-state index contributed by atoms with van der Waals surface area (Å²) in [6.07, 6.45) is 21.3. The van der Waals surface area contributed by atoms with Crippen molar-refractivity contribution in [3.63, 3.8) is 0 Å². The Balaban J connectivity index is 2.36. The third kappa shape index (κ3) is 13.2. The molecule has 1 atom stereocenters. The van der Waals surface area contributed by atoms with Gasteiger partial charge in [0.15, 0.2) is 0 Å². The van der Waals surface area contributed by atoms with Crippen molar-refractivity contribution in [3.05, 3.63) is 28.8 Å². The molecule has 1 unspecified atom stereocenters. The lowest BCUT2D eigenvalue weighted by Crippen LogP contribution is -2.19. The summed E-state index contributed by atoms with van der Waals surface area (Å²) in [5.41, 5.74) is 3.08. The van der Waals surface area contributed by atoms with Gasteiger partial charge in [-0.05, 0) is 46.3 Å². The first kappa shape index (κ1) is 32.0. The zero-order chi connectivity index (χ0) is 26.3. The molecule has 0 aliphatic heterocycles. The van der Waals surface area contributed by atoms with E-state index in [1.165, 1.54) is 95.5 Å². The molecule has 0 aromatic heterocycles. The van der Waals surface area contributed by atoms with E-state index in [0.29, 0.717) is 11.7 Å². The summed E-state index contributed by atoms with van der Waals surface area (Å²) >= 11 is 0. The van der Waals surface area contributed by atoms with Crippen molar-refractivity contribution in [1.29, 1.82) is 0 Å². The average Bonchev–Trinajstić information content (AvgIpc) is 2.77. The van der Waals surface area contributed by atoms with Crippen molar-refractivity contribution < 1.29 is 10.2 Å². The normalized spacial score (nSPS) is 13.4. The van der Waals surface area contributed by atoms with Gasteiger partial charge in [0.05, 0.1) is 0 Å².